The lowest BCUT2D eigenvalue weighted by Crippen LogP contribution is -2.24. The molecule has 2 heterocycles. The van der Waals surface area contributed by atoms with Gasteiger partial charge in [-0.15, -0.1) is 0 Å². The predicted molar refractivity (Wildman–Crippen MR) is 59.4 cm³/mol. The van der Waals surface area contributed by atoms with Gasteiger partial charge in [0.1, 0.15) is 23.1 Å². The van der Waals surface area contributed by atoms with E-state index in [0.29, 0.717) is 5.82 Å². The van der Waals surface area contributed by atoms with Crippen molar-refractivity contribution in [3.63, 3.8) is 0 Å². The lowest BCUT2D eigenvalue weighted by Gasteiger charge is -2.05. The molecule has 0 amide bonds. The van der Waals surface area contributed by atoms with Crippen molar-refractivity contribution in [2.45, 2.75) is 11.4 Å². The van der Waals surface area contributed by atoms with E-state index in [1.54, 1.807) is 6.07 Å². The van der Waals surface area contributed by atoms with Crippen LogP contribution in [-0.4, -0.2) is 28.6 Å². The zero-order chi connectivity index (χ0) is 13.0. The van der Waals surface area contributed by atoms with Gasteiger partial charge in [0, 0.05) is 6.20 Å². The highest BCUT2D eigenvalue weighted by molar-refractivity contribution is 7.89. The Bertz CT molecular complexity index is 673. The summed E-state index contributed by atoms with van der Waals surface area (Å²) < 4.78 is 26.2. The van der Waals surface area contributed by atoms with Crippen LogP contribution in [0.1, 0.15) is 11.5 Å². The second kappa shape index (κ2) is 4.91. The molecule has 0 unspecified atom stereocenters. The summed E-state index contributed by atoms with van der Waals surface area (Å²) in [6.07, 6.45) is 2.63. The van der Waals surface area contributed by atoms with Crippen LogP contribution in [0.4, 0.5) is 0 Å². The number of hydrogen-bond acceptors (Lipinski definition) is 6. The maximum absolute atomic E-state index is 11.9. The molecule has 0 radical (unpaired) electrons. The summed E-state index contributed by atoms with van der Waals surface area (Å²) in [5, 5.41) is 14.9. The van der Waals surface area contributed by atoms with Crippen molar-refractivity contribution in [1.82, 2.24) is 24.9 Å². The number of nitriles is 1. The third-order valence-electron chi connectivity index (χ3n) is 2.06. The van der Waals surface area contributed by atoms with Crippen LogP contribution in [-0.2, 0) is 16.6 Å². The van der Waals surface area contributed by atoms with E-state index in [1.165, 1.54) is 24.7 Å². The Hall–Kier alpha value is -2.31. The summed E-state index contributed by atoms with van der Waals surface area (Å²) in [5.74, 6) is 0.376. The maximum Gasteiger partial charge on any atom is 0.243 e. The number of nitrogens with zero attached hydrogens (tertiary/aromatic N) is 4. The Morgan fingerprint density at radius 1 is 1.44 bits per heavy atom. The molecule has 2 N–H and O–H groups in total. The van der Waals surface area contributed by atoms with Gasteiger partial charge in [-0.2, -0.15) is 10.4 Å². The average molecular weight is 264 g/mol. The molecular formula is C9H8N6O2S. The molecule has 92 valence electrons. The second-order valence-corrected chi connectivity index (χ2v) is 4.95. The van der Waals surface area contributed by atoms with Crippen LogP contribution < -0.4 is 4.72 Å². The smallest absolute Gasteiger partial charge is 0.243 e. The molecule has 2 aromatic heterocycles. The maximum atomic E-state index is 11.9. The molecule has 18 heavy (non-hydrogen) atoms. The molecule has 9 heteroatoms. The van der Waals surface area contributed by atoms with E-state index in [1.807, 2.05) is 0 Å². The molecule has 0 aromatic carbocycles. The Labute approximate surface area is 103 Å². The molecule has 2 aromatic rings. The molecule has 8 nitrogen and oxygen atoms in total. The van der Waals surface area contributed by atoms with Crippen molar-refractivity contribution < 1.29 is 8.42 Å². The van der Waals surface area contributed by atoms with Gasteiger partial charge in [0.05, 0.1) is 6.54 Å². The van der Waals surface area contributed by atoms with Crippen LogP contribution in [0.25, 0.3) is 0 Å². The molecule has 0 saturated heterocycles. The number of H-pyrrole nitrogens is 1. The van der Waals surface area contributed by atoms with Gasteiger partial charge < -0.3 is 0 Å². The van der Waals surface area contributed by atoms with Gasteiger partial charge in [-0.3, -0.25) is 5.10 Å². The van der Waals surface area contributed by atoms with Gasteiger partial charge >= 0.3 is 0 Å². The van der Waals surface area contributed by atoms with Crippen molar-refractivity contribution in [2.75, 3.05) is 0 Å². The molecule has 0 atom stereocenters. The summed E-state index contributed by atoms with van der Waals surface area (Å²) in [5.41, 5.74) is -0.150. The number of hydrogen-bond donors (Lipinski definition) is 2. The largest absolute Gasteiger partial charge is 0.262 e. The predicted octanol–water partition coefficient (Wildman–Crippen LogP) is -0.450. The van der Waals surface area contributed by atoms with E-state index < -0.39 is 10.0 Å². The van der Waals surface area contributed by atoms with Gasteiger partial charge in [-0.25, -0.2) is 23.1 Å². The van der Waals surface area contributed by atoms with Gasteiger partial charge in [0.2, 0.25) is 10.0 Å². The molecule has 0 saturated carbocycles. The zero-order valence-electron chi connectivity index (χ0n) is 9.03. The summed E-state index contributed by atoms with van der Waals surface area (Å²) in [6, 6.07) is 4.49. The first kappa shape index (κ1) is 12.2. The van der Waals surface area contributed by atoms with Crippen molar-refractivity contribution in [3.8, 4) is 6.07 Å². The quantitative estimate of drug-likeness (QED) is 0.770. The number of sulfonamides is 1. The van der Waals surface area contributed by atoms with Crippen molar-refractivity contribution >= 4 is 10.0 Å². The second-order valence-electron chi connectivity index (χ2n) is 3.22. The summed E-state index contributed by atoms with van der Waals surface area (Å²) in [6.45, 7) is -0.0396. The molecule has 0 bridgehead atoms. The van der Waals surface area contributed by atoms with Gasteiger partial charge in [-0.05, 0) is 12.1 Å². The van der Waals surface area contributed by atoms with Crippen LogP contribution >= 0.6 is 0 Å². The first-order valence-electron chi connectivity index (χ1n) is 4.82. The number of rotatable bonds is 4. The van der Waals surface area contributed by atoms with E-state index in [0.717, 1.165) is 0 Å². The Kier molecular flexibility index (Phi) is 3.31. The molecular weight excluding hydrogens is 256 g/mol. The summed E-state index contributed by atoms with van der Waals surface area (Å²) >= 11 is 0. The summed E-state index contributed by atoms with van der Waals surface area (Å²) in [7, 11) is -3.80. The average Bonchev–Trinajstić information content (AvgIpc) is 2.89. The lowest BCUT2D eigenvalue weighted by atomic mass is 10.4. The zero-order valence-corrected chi connectivity index (χ0v) is 9.85. The minimum Gasteiger partial charge on any atom is -0.262 e. The van der Waals surface area contributed by atoms with E-state index in [2.05, 4.69) is 24.9 Å². The fraction of sp³-hybridized carbons (Fsp3) is 0.111. The minimum absolute atomic E-state index is 0.0396. The van der Waals surface area contributed by atoms with Crippen LogP contribution in [0.2, 0.25) is 0 Å². The molecule has 2 rings (SSSR count). The molecule has 0 fully saturated rings. The lowest BCUT2D eigenvalue weighted by molar-refractivity contribution is 0.578. The first-order valence-corrected chi connectivity index (χ1v) is 6.31. The molecule has 0 spiro atoms. The van der Waals surface area contributed by atoms with E-state index in [-0.39, 0.29) is 17.1 Å². The van der Waals surface area contributed by atoms with E-state index in [4.69, 9.17) is 5.26 Å². The number of nitrogens with one attached hydrogen (secondary N) is 2. The molecule has 0 aliphatic carbocycles. The third-order valence-corrected chi connectivity index (χ3v) is 3.49. The molecule has 0 aliphatic rings. The SMILES string of the molecule is N#Cc1ncccc1S(=O)(=O)NCc1ncn[nH]1. The highest BCUT2D eigenvalue weighted by Crippen LogP contribution is 2.11. The highest BCUT2D eigenvalue weighted by atomic mass is 32.2. The van der Waals surface area contributed by atoms with Gasteiger partial charge in [0.15, 0.2) is 5.69 Å². The van der Waals surface area contributed by atoms with Crippen molar-refractivity contribution in [3.05, 3.63) is 36.2 Å². The highest BCUT2D eigenvalue weighted by Gasteiger charge is 2.19. The van der Waals surface area contributed by atoms with E-state index >= 15 is 0 Å². The van der Waals surface area contributed by atoms with E-state index in [9.17, 15) is 8.42 Å². The number of aromatic nitrogens is 4. The first-order chi connectivity index (χ1) is 8.63. The standard InChI is InChI=1S/C9H8N6O2S/c10-4-7-8(2-1-3-11-7)18(16,17)14-5-9-12-6-13-15-9/h1-3,6,14H,5H2,(H,12,13,15). The minimum atomic E-state index is -3.80. The molecule has 0 aliphatic heterocycles. The topological polar surface area (TPSA) is 124 Å². The Balaban J connectivity index is 2.23. The van der Waals surface area contributed by atoms with Gasteiger partial charge in [0.25, 0.3) is 0 Å². The fourth-order valence-electron chi connectivity index (χ4n) is 1.25. The summed E-state index contributed by atoms with van der Waals surface area (Å²) in [4.78, 5) is 7.31. The Morgan fingerprint density at radius 2 is 2.28 bits per heavy atom. The van der Waals surface area contributed by atoms with Crippen LogP contribution in [0, 0.1) is 11.3 Å². The van der Waals surface area contributed by atoms with Crippen LogP contribution in [0.5, 0.6) is 0 Å². The van der Waals surface area contributed by atoms with Crippen molar-refractivity contribution in [2.24, 2.45) is 0 Å². The van der Waals surface area contributed by atoms with Crippen LogP contribution in [0.15, 0.2) is 29.6 Å². The number of pyridine rings is 1. The monoisotopic (exact) mass is 264 g/mol. The fourth-order valence-corrected chi connectivity index (χ4v) is 2.34. The van der Waals surface area contributed by atoms with Crippen molar-refractivity contribution in [1.29, 1.82) is 5.26 Å². The Morgan fingerprint density at radius 3 is 2.94 bits per heavy atom. The third kappa shape index (κ3) is 2.50. The van der Waals surface area contributed by atoms with Crippen LogP contribution in [0.3, 0.4) is 0 Å². The number of aromatic amines is 1. The van der Waals surface area contributed by atoms with Gasteiger partial charge in [-0.1, -0.05) is 0 Å². The normalized spacial score (nSPS) is 11.1.